The molecule has 6 rings (SSSR count). The largest absolute Gasteiger partial charge is 0.492 e. The molecule has 0 unspecified atom stereocenters. The molecular weight excluding hydrogens is 1320 g/mol. The van der Waals surface area contributed by atoms with Gasteiger partial charge in [-0.25, -0.2) is 4.79 Å². The summed E-state index contributed by atoms with van der Waals surface area (Å²) in [7, 11) is 9.94. The Bertz CT molecular complexity index is 2790. The molecule has 0 radical (unpaired) electrons. The first-order valence-electron chi connectivity index (χ1n) is 28.8. The highest BCUT2D eigenvalue weighted by Gasteiger charge is 2.52. The highest BCUT2D eigenvalue weighted by molar-refractivity contribution is 14.1. The van der Waals surface area contributed by atoms with Crippen LogP contribution in [0.15, 0.2) is 35.1 Å². The van der Waals surface area contributed by atoms with Gasteiger partial charge in [0.15, 0.2) is 36.2 Å². The van der Waals surface area contributed by atoms with Gasteiger partial charge in [-0.05, 0) is 94.0 Å². The van der Waals surface area contributed by atoms with Crippen molar-refractivity contribution in [2.45, 2.75) is 208 Å². The average molecular weight is 1410 g/mol. The molecule has 19 atom stereocenters. The zero-order valence-electron chi connectivity index (χ0n) is 52.2. The number of carbonyl (C=O) groups excluding carboxylic acids is 3. The van der Waals surface area contributed by atoms with Crippen molar-refractivity contribution < 1.29 is 102 Å². The lowest BCUT2D eigenvalue weighted by Gasteiger charge is -2.46. The molecule has 0 aromatic heterocycles. The van der Waals surface area contributed by atoms with E-state index < -0.39 is 127 Å². The van der Waals surface area contributed by atoms with E-state index in [9.17, 15) is 39.9 Å². The minimum absolute atomic E-state index is 0.0164. The van der Waals surface area contributed by atoms with Crippen LogP contribution in [0.4, 0.5) is 4.79 Å². The van der Waals surface area contributed by atoms with Gasteiger partial charge in [-0.2, -0.15) is 5.48 Å². The maximum absolute atomic E-state index is 14.5. The summed E-state index contributed by atoms with van der Waals surface area (Å²) in [4.78, 5) is 47.8. The number of nitrogens with one attached hydrogen (secondary N) is 3. The van der Waals surface area contributed by atoms with Crippen molar-refractivity contribution in [2.75, 3.05) is 54.5 Å². The van der Waals surface area contributed by atoms with Crippen LogP contribution in [0.5, 0.6) is 17.2 Å². The average Bonchev–Trinajstić information content (AvgIpc) is 1.18. The highest BCUT2D eigenvalue weighted by atomic mass is 127. The maximum Gasteiger partial charge on any atom is 0.411 e. The van der Waals surface area contributed by atoms with Gasteiger partial charge in [-0.15, -0.1) is 5.92 Å². The standard InChI is InChI=1S/C60H86IN3O21S3/c1-16-18-19-20-21-22-37(42-33(23-24-86-88-59(7,8)9)60(10,72)27-36(66)45(42)63-58(71)77-15)82-57-52(83-39-26-38(73-11)34(28-78-39)62-17-2)47(68)44(30(4)80-57)64-85-40-25-35(65)54(32(6)79-40)87-55(70)41-29(3)43(61)50(53(76-14)49(41)74-12)84-56-48(69)51(75-13)46(67)31(5)81-56/h19-20,23,30-32,34-35,37-40,44,46-48,51-52,54,56-57,62,64-65,67-69,72H,17,24-28H2,1-15H3,(H,63,71)/b20-19-,33-23+/t30-,31+,32-,34+,35+,37+,38+,39+,40+,44-,46+,47+,48-,51-,52-,54-,56+,57+,60+/m1/s1. The Morgan fingerprint density at radius 2 is 1.58 bits per heavy atom. The van der Waals surface area contributed by atoms with Gasteiger partial charge in [0, 0.05) is 49.6 Å². The topological polar surface area (TPSA) is 308 Å². The Hall–Kier alpha value is -3.29. The molecule has 28 heteroatoms. The SMILES string of the molecule is CC#C/C=C\C#C[C@H](O[C@@H]1O[C@H](C)[C@@H](NO[C@H]2C[C@H](O)[C@H](SC(=O)c3c(C)c(I)c(O[C@@H]4O[C@@H](C)[C@H](O)[C@@H](OC)[C@H]4O)c(OC)c3OC)[C@@H](C)O2)[C@H](O)[C@H]1O[C@H]1C[C@H](OC)[C@@H](NCC)CO1)C1=C(NC(=O)OC)C(=O)C[C@](C)(O)/C1=C/CSSC(C)(C)C. The van der Waals surface area contributed by atoms with Gasteiger partial charge in [0.25, 0.3) is 0 Å². The van der Waals surface area contributed by atoms with Crippen LogP contribution in [-0.4, -0.2) is 217 Å². The molecule has 5 aliphatic rings. The third-order valence-electron chi connectivity index (χ3n) is 15.0. The minimum atomic E-state index is -1.79. The maximum atomic E-state index is 14.5. The molecule has 0 spiro atoms. The molecule has 1 aliphatic carbocycles. The number of amides is 1. The van der Waals surface area contributed by atoms with Gasteiger partial charge in [0.1, 0.15) is 36.6 Å². The molecule has 492 valence electrons. The summed E-state index contributed by atoms with van der Waals surface area (Å²) in [6.45, 7) is 18.8. The zero-order chi connectivity index (χ0) is 64.9. The van der Waals surface area contributed by atoms with Gasteiger partial charge in [0.2, 0.25) is 17.2 Å². The van der Waals surface area contributed by atoms with E-state index in [2.05, 4.69) is 60.6 Å². The molecule has 24 nitrogen and oxygen atoms in total. The summed E-state index contributed by atoms with van der Waals surface area (Å²) in [6, 6.07) is -1.28. The molecular formula is C60H86IN3O21S3. The van der Waals surface area contributed by atoms with Crippen LogP contribution >= 0.6 is 55.9 Å². The van der Waals surface area contributed by atoms with Gasteiger partial charge in [-0.3, -0.25) is 19.7 Å². The predicted octanol–water partition coefficient (Wildman–Crippen LogP) is 4.74. The number of hydrogen-bond donors (Lipinski definition) is 8. The summed E-state index contributed by atoms with van der Waals surface area (Å²) in [5, 5.41) is 62.8. The number of rotatable bonds is 22. The van der Waals surface area contributed by atoms with Crippen LogP contribution in [0, 0.1) is 34.2 Å². The highest BCUT2D eigenvalue weighted by Crippen LogP contribution is 2.49. The number of aliphatic hydroxyl groups excluding tert-OH is 4. The van der Waals surface area contributed by atoms with Crippen LogP contribution in [0.1, 0.15) is 97.5 Å². The number of hydrogen-bond acceptors (Lipinski definition) is 26. The van der Waals surface area contributed by atoms with E-state index in [1.54, 1.807) is 58.6 Å². The molecule has 4 fully saturated rings. The Morgan fingerprint density at radius 1 is 0.886 bits per heavy atom. The minimum Gasteiger partial charge on any atom is -0.492 e. The summed E-state index contributed by atoms with van der Waals surface area (Å²) < 4.78 is 72.8. The number of ketones is 1. The second kappa shape index (κ2) is 33.5. The molecule has 4 saturated heterocycles. The molecule has 0 saturated carbocycles. The number of allylic oxidation sites excluding steroid dienone is 3. The number of alkyl carbamates (subject to hydrolysis) is 1. The van der Waals surface area contributed by atoms with E-state index >= 15 is 0 Å². The Morgan fingerprint density at radius 3 is 2.20 bits per heavy atom. The van der Waals surface area contributed by atoms with E-state index in [0.717, 1.165) is 18.9 Å². The molecule has 1 amide bonds. The molecule has 1 aromatic rings. The quantitative estimate of drug-likeness (QED) is 0.0255. The summed E-state index contributed by atoms with van der Waals surface area (Å²) in [5.41, 5.74) is 1.72. The first-order valence-corrected chi connectivity index (χ1v) is 33.0. The summed E-state index contributed by atoms with van der Waals surface area (Å²) in [5.74, 6) is 11.4. The number of aliphatic hydroxyl groups is 5. The van der Waals surface area contributed by atoms with Crippen molar-refractivity contribution >= 4 is 72.9 Å². The Balaban J connectivity index is 1.28. The molecule has 1 aromatic carbocycles. The first-order chi connectivity index (χ1) is 41.7. The van der Waals surface area contributed by atoms with E-state index in [1.807, 2.05) is 29.5 Å². The van der Waals surface area contributed by atoms with Crippen molar-refractivity contribution in [2.24, 2.45) is 0 Å². The lowest BCUT2D eigenvalue weighted by molar-refractivity contribution is -0.336. The number of ether oxygens (including phenoxy) is 12. The molecule has 4 heterocycles. The number of hydroxylamine groups is 1. The van der Waals surface area contributed by atoms with E-state index in [0.29, 0.717) is 21.4 Å². The van der Waals surface area contributed by atoms with Crippen LogP contribution in [0.3, 0.4) is 0 Å². The Labute approximate surface area is 541 Å². The smallest absolute Gasteiger partial charge is 0.411 e. The van der Waals surface area contributed by atoms with Gasteiger partial charge in [0.05, 0.1) is 96.2 Å². The number of likely N-dealkylation sites (N-methyl/N-ethyl adjacent to an activating group) is 1. The van der Waals surface area contributed by atoms with Crippen molar-refractivity contribution in [3.05, 3.63) is 49.8 Å². The third kappa shape index (κ3) is 18.3. The van der Waals surface area contributed by atoms with Gasteiger partial charge >= 0.3 is 6.09 Å². The van der Waals surface area contributed by atoms with Crippen LogP contribution in [0.25, 0.3) is 0 Å². The van der Waals surface area contributed by atoms with Gasteiger partial charge in [-0.1, -0.05) is 84.9 Å². The van der Waals surface area contributed by atoms with Crippen LogP contribution < -0.4 is 30.3 Å². The first kappa shape index (κ1) is 73.8. The molecule has 4 aliphatic heterocycles. The fraction of sp³-hybridized carbons (Fsp3) is 0.683. The van der Waals surface area contributed by atoms with Gasteiger partial charge < -0.3 is 87.7 Å². The fourth-order valence-electron chi connectivity index (χ4n) is 10.6. The number of thioether (sulfide) groups is 1. The second-order valence-electron chi connectivity index (χ2n) is 22.6. The fourth-order valence-corrected chi connectivity index (χ4v) is 14.5. The van der Waals surface area contributed by atoms with Crippen molar-refractivity contribution in [3.63, 3.8) is 0 Å². The molecule has 8 N–H and O–H groups in total. The normalized spacial score (nSPS) is 33.7. The number of methoxy groups -OCH3 is 5. The second-order valence-corrected chi connectivity index (χ2v) is 28.0. The molecule has 0 bridgehead atoms. The summed E-state index contributed by atoms with van der Waals surface area (Å²) in [6.07, 6.45) is -13.6. The Kier molecular flexibility index (Phi) is 28.1. The van der Waals surface area contributed by atoms with E-state index in [1.165, 1.54) is 51.2 Å². The third-order valence-corrected chi connectivity index (χ3v) is 20.9. The van der Waals surface area contributed by atoms with E-state index in [4.69, 9.17) is 61.7 Å². The monoisotopic (exact) mass is 1410 g/mol. The van der Waals surface area contributed by atoms with Crippen LogP contribution in [-0.2, 0) is 52.3 Å². The van der Waals surface area contributed by atoms with E-state index in [-0.39, 0.29) is 76.0 Å². The summed E-state index contributed by atoms with van der Waals surface area (Å²) >= 11 is 2.83. The van der Waals surface area contributed by atoms with Crippen molar-refractivity contribution in [1.82, 2.24) is 16.1 Å². The lowest BCUT2D eigenvalue weighted by Crippen LogP contribution is -2.65. The molecule has 88 heavy (non-hydrogen) atoms. The van der Waals surface area contributed by atoms with Crippen molar-refractivity contribution in [1.29, 1.82) is 0 Å². The zero-order valence-corrected chi connectivity index (χ0v) is 56.8. The number of halogens is 1. The lowest BCUT2D eigenvalue weighted by atomic mass is 9.76. The van der Waals surface area contributed by atoms with Crippen molar-refractivity contribution in [3.8, 4) is 40.9 Å². The number of carbonyl (C=O) groups is 3. The van der Waals surface area contributed by atoms with Crippen LogP contribution in [0.2, 0.25) is 0 Å². The predicted molar refractivity (Wildman–Crippen MR) is 337 cm³/mol. The number of benzene rings is 1. The number of Topliss-reactive ketones (excluding diaryl/α,β-unsaturated/α-hetero) is 1.